The Morgan fingerprint density at radius 3 is 2.73 bits per heavy atom. The molecular weight excluding hydrogens is 308 g/mol. The molecule has 1 heterocycles. The number of carbonyl (C=O) groups is 1. The third kappa shape index (κ3) is 2.31. The first-order valence-electron chi connectivity index (χ1n) is 7.06. The van der Waals surface area contributed by atoms with E-state index in [-0.39, 0.29) is 12.4 Å². The Morgan fingerprint density at radius 2 is 2.09 bits per heavy atom. The van der Waals surface area contributed by atoms with Gasteiger partial charge in [-0.1, -0.05) is 6.92 Å². The summed E-state index contributed by atoms with van der Waals surface area (Å²) >= 11 is 1.32. The number of hydrogen-bond donors (Lipinski definition) is 0. The largest absolute Gasteiger partial charge is 0.464 e. The first-order chi connectivity index (χ1) is 10.5. The van der Waals surface area contributed by atoms with E-state index < -0.39 is 23.5 Å². The predicted octanol–water partition coefficient (Wildman–Crippen LogP) is 3.95. The number of benzene rings is 1. The minimum absolute atomic E-state index is 0.160. The van der Waals surface area contributed by atoms with Crippen LogP contribution >= 0.6 is 11.3 Å². The molecule has 6 heteroatoms. The van der Waals surface area contributed by atoms with Crippen molar-refractivity contribution in [3.63, 3.8) is 0 Å². The molecule has 0 bridgehead atoms. The van der Waals surface area contributed by atoms with E-state index in [9.17, 15) is 13.6 Å². The Bertz CT molecular complexity index is 700. The molecule has 1 aromatic heterocycles. The molecule has 116 valence electrons. The number of nitrogens with zero attached hydrogens (tertiary/aromatic N) is 1. The summed E-state index contributed by atoms with van der Waals surface area (Å²) in [6.45, 7) is 3.51. The lowest BCUT2D eigenvalue weighted by atomic mass is 10.2. The third-order valence-corrected chi connectivity index (χ3v) is 5.15. The van der Waals surface area contributed by atoms with Crippen molar-refractivity contribution >= 4 is 17.3 Å². The first kappa shape index (κ1) is 15.1. The van der Waals surface area contributed by atoms with Crippen molar-refractivity contribution in [3.05, 3.63) is 41.2 Å². The van der Waals surface area contributed by atoms with E-state index in [0.29, 0.717) is 9.88 Å². The number of rotatable bonds is 4. The number of carbonyl (C=O) groups excluding carboxylic acids is 1. The standard InChI is InChI=1S/C16H15F2NO2S/c1-3-21-15(20)16(18)9(2)13(16)12-8-19-14(22-12)10-4-6-11(17)7-5-10/h4-9,13H,3H2,1-2H3/t9-,13+,16+/m1/s1. The van der Waals surface area contributed by atoms with E-state index in [1.165, 1.54) is 23.5 Å². The molecule has 1 fully saturated rings. The van der Waals surface area contributed by atoms with Crippen LogP contribution < -0.4 is 0 Å². The van der Waals surface area contributed by atoms with Gasteiger partial charge in [0.1, 0.15) is 10.8 Å². The maximum absolute atomic E-state index is 14.7. The molecule has 1 aliphatic carbocycles. The molecule has 1 aromatic carbocycles. The summed E-state index contributed by atoms with van der Waals surface area (Å²) in [5.41, 5.74) is -1.19. The Balaban J connectivity index is 1.83. The summed E-state index contributed by atoms with van der Waals surface area (Å²) in [6, 6.07) is 5.97. The lowest BCUT2D eigenvalue weighted by Crippen LogP contribution is -2.23. The van der Waals surface area contributed by atoms with Gasteiger partial charge in [0.2, 0.25) is 5.67 Å². The molecule has 3 nitrogen and oxygen atoms in total. The quantitative estimate of drug-likeness (QED) is 0.800. The van der Waals surface area contributed by atoms with Gasteiger partial charge >= 0.3 is 5.97 Å². The molecule has 0 N–H and O–H groups in total. The lowest BCUT2D eigenvalue weighted by Gasteiger charge is -2.05. The zero-order valence-corrected chi connectivity index (χ0v) is 13.0. The molecule has 0 radical (unpaired) electrons. The molecular formula is C16H15F2NO2S. The van der Waals surface area contributed by atoms with Gasteiger partial charge in [0.05, 0.1) is 6.61 Å². The minimum Gasteiger partial charge on any atom is -0.464 e. The molecule has 3 atom stereocenters. The number of halogens is 2. The first-order valence-corrected chi connectivity index (χ1v) is 7.88. The second-order valence-electron chi connectivity index (χ2n) is 5.33. The number of thiazole rings is 1. The average Bonchev–Trinajstić information content (AvgIpc) is 2.88. The molecule has 3 rings (SSSR count). The van der Waals surface area contributed by atoms with Gasteiger partial charge in [-0.15, -0.1) is 11.3 Å². The summed E-state index contributed by atoms with van der Waals surface area (Å²) in [4.78, 5) is 16.8. The van der Waals surface area contributed by atoms with Gasteiger partial charge in [-0.25, -0.2) is 18.6 Å². The van der Waals surface area contributed by atoms with Crippen LogP contribution in [0.3, 0.4) is 0 Å². The SMILES string of the molecule is CCOC(=O)[C@]1(F)[C@H](C)[C@H]1c1cnc(-c2ccc(F)cc2)s1. The highest BCUT2D eigenvalue weighted by Gasteiger charge is 2.71. The van der Waals surface area contributed by atoms with Gasteiger partial charge in [-0.05, 0) is 31.2 Å². The molecule has 0 unspecified atom stereocenters. The molecule has 22 heavy (non-hydrogen) atoms. The van der Waals surface area contributed by atoms with Gasteiger partial charge < -0.3 is 4.74 Å². The summed E-state index contributed by atoms with van der Waals surface area (Å²) in [5, 5.41) is 0.681. The summed E-state index contributed by atoms with van der Waals surface area (Å²) in [7, 11) is 0. The molecule has 0 saturated heterocycles. The Hall–Kier alpha value is -1.82. The second kappa shape index (κ2) is 5.43. The van der Waals surface area contributed by atoms with Gasteiger partial charge in [0.15, 0.2) is 0 Å². The summed E-state index contributed by atoms with van der Waals surface area (Å²) in [5.74, 6) is -2.06. The maximum Gasteiger partial charge on any atom is 0.344 e. The molecule has 1 saturated carbocycles. The third-order valence-electron chi connectivity index (χ3n) is 4.02. The molecule has 1 aliphatic rings. The Labute approximate surface area is 131 Å². The lowest BCUT2D eigenvalue weighted by molar-refractivity contribution is -0.151. The van der Waals surface area contributed by atoms with Crippen LogP contribution in [0.5, 0.6) is 0 Å². The fraction of sp³-hybridized carbons (Fsp3) is 0.375. The van der Waals surface area contributed by atoms with E-state index >= 15 is 0 Å². The number of alkyl halides is 1. The van der Waals surface area contributed by atoms with Crippen molar-refractivity contribution in [2.75, 3.05) is 6.61 Å². The van der Waals surface area contributed by atoms with E-state index in [1.54, 1.807) is 32.2 Å². The van der Waals surface area contributed by atoms with Crippen LogP contribution in [0.25, 0.3) is 10.6 Å². The maximum atomic E-state index is 14.7. The highest BCUT2D eigenvalue weighted by Crippen LogP contribution is 2.62. The van der Waals surface area contributed by atoms with Crippen LogP contribution in [-0.4, -0.2) is 23.2 Å². The van der Waals surface area contributed by atoms with Crippen molar-refractivity contribution in [2.24, 2.45) is 5.92 Å². The predicted molar refractivity (Wildman–Crippen MR) is 79.9 cm³/mol. The number of esters is 1. The van der Waals surface area contributed by atoms with Crippen molar-refractivity contribution in [1.29, 1.82) is 0 Å². The number of ether oxygens (including phenoxy) is 1. The molecule has 2 aromatic rings. The van der Waals surface area contributed by atoms with Gasteiger partial charge in [-0.3, -0.25) is 0 Å². The summed E-state index contributed by atoms with van der Waals surface area (Å²) in [6.07, 6.45) is 1.59. The highest BCUT2D eigenvalue weighted by atomic mass is 32.1. The van der Waals surface area contributed by atoms with Crippen LogP contribution in [0.1, 0.15) is 24.6 Å². The smallest absolute Gasteiger partial charge is 0.344 e. The van der Waals surface area contributed by atoms with Gasteiger partial charge in [0.25, 0.3) is 0 Å². The van der Waals surface area contributed by atoms with Crippen molar-refractivity contribution in [1.82, 2.24) is 4.98 Å². The zero-order chi connectivity index (χ0) is 15.9. The highest BCUT2D eigenvalue weighted by molar-refractivity contribution is 7.15. The normalized spacial score (nSPS) is 26.7. The van der Waals surface area contributed by atoms with Crippen LogP contribution in [0.2, 0.25) is 0 Å². The fourth-order valence-corrected chi connectivity index (χ4v) is 3.88. The molecule has 0 aliphatic heterocycles. The van der Waals surface area contributed by atoms with Crippen LogP contribution in [0.4, 0.5) is 8.78 Å². The monoisotopic (exact) mass is 323 g/mol. The van der Waals surface area contributed by atoms with Crippen LogP contribution in [0, 0.1) is 11.7 Å². The van der Waals surface area contributed by atoms with E-state index in [4.69, 9.17) is 4.74 Å². The minimum atomic E-state index is -1.96. The van der Waals surface area contributed by atoms with Crippen LogP contribution in [-0.2, 0) is 9.53 Å². The zero-order valence-electron chi connectivity index (χ0n) is 12.2. The van der Waals surface area contributed by atoms with Crippen molar-refractivity contribution in [3.8, 4) is 10.6 Å². The Kier molecular flexibility index (Phi) is 3.72. The van der Waals surface area contributed by atoms with E-state index in [2.05, 4.69) is 4.98 Å². The van der Waals surface area contributed by atoms with Gasteiger partial charge in [-0.2, -0.15) is 0 Å². The summed E-state index contributed by atoms with van der Waals surface area (Å²) < 4.78 is 32.5. The van der Waals surface area contributed by atoms with Crippen LogP contribution in [0.15, 0.2) is 30.5 Å². The Morgan fingerprint density at radius 1 is 1.41 bits per heavy atom. The van der Waals surface area contributed by atoms with Crippen molar-refractivity contribution in [2.45, 2.75) is 25.4 Å². The second-order valence-corrected chi connectivity index (χ2v) is 6.39. The van der Waals surface area contributed by atoms with E-state index in [0.717, 1.165) is 5.56 Å². The fourth-order valence-electron chi connectivity index (χ4n) is 2.68. The topological polar surface area (TPSA) is 39.2 Å². The number of hydrogen-bond acceptors (Lipinski definition) is 4. The molecule has 0 spiro atoms. The number of aromatic nitrogens is 1. The molecule has 0 amide bonds. The average molecular weight is 323 g/mol. The van der Waals surface area contributed by atoms with E-state index in [1.807, 2.05) is 0 Å². The van der Waals surface area contributed by atoms with Crippen molar-refractivity contribution < 1.29 is 18.3 Å². The van der Waals surface area contributed by atoms with Gasteiger partial charge in [0, 0.05) is 28.5 Å².